The number of nitrogens with two attached hydrogens (primary N) is 1. The van der Waals surface area contributed by atoms with E-state index in [2.05, 4.69) is 10.5 Å². The number of hydrogen-bond acceptors (Lipinski definition) is 7. The number of fused-ring (bicyclic) bond motifs is 1. The first-order chi connectivity index (χ1) is 9.13. The summed E-state index contributed by atoms with van der Waals surface area (Å²) < 4.78 is 5.60. The molecule has 0 radical (unpaired) electrons. The molecule has 0 atom stereocenters. The summed E-state index contributed by atoms with van der Waals surface area (Å²) in [6.07, 6.45) is 0. The van der Waals surface area contributed by atoms with Crippen molar-refractivity contribution in [1.29, 1.82) is 0 Å². The topological polar surface area (TPSA) is 107 Å². The first-order valence-electron chi connectivity index (χ1n) is 5.28. The molecule has 1 aromatic carbocycles. The SMILES string of the molecule is NC1=NNC(c2cc3cc([N+](=O)[O-])ccc3o2)=CS1. The molecule has 2 heterocycles. The van der Waals surface area contributed by atoms with Gasteiger partial charge in [-0.1, -0.05) is 11.8 Å². The molecular weight excluding hydrogens is 268 g/mol. The van der Waals surface area contributed by atoms with Crippen LogP contribution in [0.4, 0.5) is 5.69 Å². The van der Waals surface area contributed by atoms with E-state index >= 15 is 0 Å². The van der Waals surface area contributed by atoms with Crippen molar-refractivity contribution in [2.45, 2.75) is 0 Å². The van der Waals surface area contributed by atoms with Gasteiger partial charge in [0.15, 0.2) is 10.9 Å². The lowest BCUT2D eigenvalue weighted by Crippen LogP contribution is -2.16. The van der Waals surface area contributed by atoms with Crippen molar-refractivity contribution in [2.24, 2.45) is 10.8 Å². The number of nitro groups is 1. The van der Waals surface area contributed by atoms with E-state index in [0.29, 0.717) is 27.6 Å². The second kappa shape index (κ2) is 4.32. The summed E-state index contributed by atoms with van der Waals surface area (Å²) in [7, 11) is 0. The average molecular weight is 276 g/mol. The van der Waals surface area contributed by atoms with E-state index in [-0.39, 0.29) is 5.69 Å². The largest absolute Gasteiger partial charge is 0.454 e. The second-order valence-corrected chi connectivity index (χ2v) is 4.69. The minimum Gasteiger partial charge on any atom is -0.454 e. The molecule has 3 rings (SSSR count). The zero-order valence-corrected chi connectivity index (χ0v) is 10.3. The van der Waals surface area contributed by atoms with Gasteiger partial charge in [-0.15, -0.1) is 0 Å². The highest BCUT2D eigenvalue weighted by Crippen LogP contribution is 2.28. The van der Waals surface area contributed by atoms with Crippen LogP contribution in [-0.2, 0) is 0 Å². The van der Waals surface area contributed by atoms with E-state index in [9.17, 15) is 10.1 Å². The number of furan rings is 1. The Morgan fingerprint density at radius 3 is 2.95 bits per heavy atom. The molecule has 0 fully saturated rings. The van der Waals surface area contributed by atoms with Crippen LogP contribution < -0.4 is 11.2 Å². The standard InChI is InChI=1S/C11H8N4O3S/c12-11-14-13-8(5-19-11)10-4-6-3-7(15(16)17)1-2-9(6)18-10/h1-5,13H,(H2,12,14). The van der Waals surface area contributed by atoms with Crippen LogP contribution in [0.15, 0.2) is 39.2 Å². The van der Waals surface area contributed by atoms with Gasteiger partial charge < -0.3 is 10.2 Å². The number of thioether (sulfide) groups is 1. The number of nitrogens with zero attached hydrogens (tertiary/aromatic N) is 2. The first-order valence-corrected chi connectivity index (χ1v) is 6.16. The summed E-state index contributed by atoms with van der Waals surface area (Å²) in [4.78, 5) is 10.3. The van der Waals surface area contributed by atoms with Crippen molar-refractivity contribution >= 4 is 39.3 Å². The lowest BCUT2D eigenvalue weighted by Gasteiger charge is -2.08. The van der Waals surface area contributed by atoms with Crippen molar-refractivity contribution in [2.75, 3.05) is 0 Å². The van der Waals surface area contributed by atoms with Crippen molar-refractivity contribution in [1.82, 2.24) is 5.43 Å². The monoisotopic (exact) mass is 276 g/mol. The predicted molar refractivity (Wildman–Crippen MR) is 73.2 cm³/mol. The summed E-state index contributed by atoms with van der Waals surface area (Å²) in [6.45, 7) is 0. The highest BCUT2D eigenvalue weighted by molar-refractivity contribution is 8.16. The molecule has 0 saturated heterocycles. The highest BCUT2D eigenvalue weighted by atomic mass is 32.2. The molecule has 19 heavy (non-hydrogen) atoms. The Labute approximate surface area is 111 Å². The molecule has 96 valence electrons. The van der Waals surface area contributed by atoms with E-state index in [1.807, 2.05) is 0 Å². The Morgan fingerprint density at radius 2 is 2.26 bits per heavy atom. The molecule has 0 aliphatic carbocycles. The molecule has 1 aliphatic rings. The Hall–Kier alpha value is -2.48. The summed E-state index contributed by atoms with van der Waals surface area (Å²) in [6, 6.07) is 6.17. The fourth-order valence-electron chi connectivity index (χ4n) is 1.68. The molecule has 1 aromatic heterocycles. The van der Waals surface area contributed by atoms with Crippen LogP contribution in [0.5, 0.6) is 0 Å². The van der Waals surface area contributed by atoms with Gasteiger partial charge in [-0.05, 0) is 12.1 Å². The normalized spacial score (nSPS) is 14.7. The fourth-order valence-corrected chi connectivity index (χ4v) is 2.18. The highest BCUT2D eigenvalue weighted by Gasteiger charge is 2.14. The van der Waals surface area contributed by atoms with Crippen molar-refractivity contribution in [3.63, 3.8) is 0 Å². The maximum Gasteiger partial charge on any atom is 0.270 e. The Bertz CT molecular complexity index is 735. The van der Waals surface area contributed by atoms with Crippen LogP contribution in [0, 0.1) is 10.1 Å². The number of nitrogens with one attached hydrogen (secondary N) is 1. The molecule has 7 nitrogen and oxygen atoms in total. The minimum atomic E-state index is -0.439. The molecule has 0 amide bonds. The second-order valence-electron chi connectivity index (χ2n) is 3.80. The number of amidine groups is 1. The van der Waals surface area contributed by atoms with Gasteiger partial charge in [-0.3, -0.25) is 15.5 Å². The van der Waals surface area contributed by atoms with Gasteiger partial charge in [0.1, 0.15) is 11.3 Å². The molecule has 0 spiro atoms. The third-order valence-electron chi connectivity index (χ3n) is 2.56. The van der Waals surface area contributed by atoms with Crippen molar-refractivity contribution in [3.05, 3.63) is 45.5 Å². The molecule has 3 N–H and O–H groups in total. The fraction of sp³-hybridized carbons (Fsp3) is 0. The molecule has 8 heteroatoms. The van der Waals surface area contributed by atoms with Crippen LogP contribution in [0.2, 0.25) is 0 Å². The maximum absolute atomic E-state index is 10.7. The number of non-ortho nitro benzene ring substituents is 1. The number of benzene rings is 1. The summed E-state index contributed by atoms with van der Waals surface area (Å²) in [5.41, 5.74) is 9.54. The smallest absolute Gasteiger partial charge is 0.270 e. The molecule has 0 saturated carbocycles. The molecular formula is C11H8N4O3S. The van der Waals surface area contributed by atoms with Gasteiger partial charge in [0.2, 0.25) is 0 Å². The molecule has 0 unspecified atom stereocenters. The lowest BCUT2D eigenvalue weighted by atomic mass is 10.2. The summed E-state index contributed by atoms with van der Waals surface area (Å²) in [5.74, 6) is 0.555. The summed E-state index contributed by atoms with van der Waals surface area (Å²) in [5, 5.41) is 17.4. The van der Waals surface area contributed by atoms with E-state index in [4.69, 9.17) is 10.2 Å². The average Bonchev–Trinajstić information content (AvgIpc) is 2.82. The van der Waals surface area contributed by atoms with Crippen LogP contribution in [0.3, 0.4) is 0 Å². The van der Waals surface area contributed by atoms with E-state index in [1.165, 1.54) is 23.9 Å². The number of nitro benzene ring substituents is 1. The van der Waals surface area contributed by atoms with E-state index in [1.54, 1.807) is 17.5 Å². The lowest BCUT2D eigenvalue weighted by molar-refractivity contribution is -0.384. The van der Waals surface area contributed by atoms with Crippen molar-refractivity contribution in [3.8, 4) is 0 Å². The van der Waals surface area contributed by atoms with Gasteiger partial charge in [-0.2, -0.15) is 5.10 Å². The number of rotatable bonds is 2. The van der Waals surface area contributed by atoms with Gasteiger partial charge in [-0.25, -0.2) is 0 Å². The van der Waals surface area contributed by atoms with Gasteiger partial charge in [0.25, 0.3) is 5.69 Å². The van der Waals surface area contributed by atoms with E-state index < -0.39 is 4.92 Å². The maximum atomic E-state index is 10.7. The number of hydrogen-bond donors (Lipinski definition) is 2. The molecule has 1 aliphatic heterocycles. The van der Waals surface area contributed by atoms with Crippen LogP contribution >= 0.6 is 11.8 Å². The van der Waals surface area contributed by atoms with Crippen LogP contribution in [0.25, 0.3) is 16.7 Å². The predicted octanol–water partition coefficient (Wildman–Crippen LogP) is 2.21. The molecule has 0 bridgehead atoms. The Morgan fingerprint density at radius 1 is 1.42 bits per heavy atom. The number of hydrazone groups is 1. The Balaban J connectivity index is 2.00. The third kappa shape index (κ3) is 2.13. The van der Waals surface area contributed by atoms with E-state index in [0.717, 1.165) is 0 Å². The zero-order valence-electron chi connectivity index (χ0n) is 9.49. The van der Waals surface area contributed by atoms with Crippen molar-refractivity contribution < 1.29 is 9.34 Å². The van der Waals surface area contributed by atoms with Gasteiger partial charge >= 0.3 is 0 Å². The van der Waals surface area contributed by atoms with Gasteiger partial charge in [0.05, 0.1) is 4.92 Å². The minimum absolute atomic E-state index is 0.0297. The molecule has 2 aromatic rings. The quantitative estimate of drug-likeness (QED) is 0.643. The first kappa shape index (κ1) is 11.6. The zero-order chi connectivity index (χ0) is 13.4. The summed E-state index contributed by atoms with van der Waals surface area (Å²) >= 11 is 1.27. The Kier molecular flexibility index (Phi) is 2.64. The van der Waals surface area contributed by atoms with Crippen LogP contribution in [-0.4, -0.2) is 10.1 Å². The van der Waals surface area contributed by atoms with Gasteiger partial charge in [0, 0.05) is 22.9 Å². The van der Waals surface area contributed by atoms with Crippen LogP contribution in [0.1, 0.15) is 5.76 Å². The third-order valence-corrected chi connectivity index (χ3v) is 3.25.